The van der Waals surface area contributed by atoms with Crippen molar-refractivity contribution in [3.8, 4) is 0 Å². The molecule has 1 aliphatic rings. The number of aliphatic hydroxyl groups is 1. The van der Waals surface area contributed by atoms with Gasteiger partial charge in [-0.15, -0.1) is 0 Å². The van der Waals surface area contributed by atoms with Gasteiger partial charge in [0, 0.05) is 0 Å². The zero-order chi connectivity index (χ0) is 9.31. The van der Waals surface area contributed by atoms with E-state index in [1.165, 1.54) is 0 Å². The van der Waals surface area contributed by atoms with Crippen LogP contribution in [0.25, 0.3) is 0 Å². The number of halogens is 1. The zero-order valence-electron chi connectivity index (χ0n) is 7.26. The summed E-state index contributed by atoms with van der Waals surface area (Å²) in [7, 11) is 0. The standard InChI is InChI=1S/C10H12ClNO/c11-8-3-1-2-4-9(8)12-10(7-13)5-6-10/h1-4,12-13H,5-7H2. The Morgan fingerprint density at radius 2 is 2.08 bits per heavy atom. The highest BCUT2D eigenvalue weighted by atomic mass is 35.5. The third-order valence-electron chi connectivity index (χ3n) is 2.43. The van der Waals surface area contributed by atoms with Crippen molar-refractivity contribution in [1.29, 1.82) is 0 Å². The SMILES string of the molecule is OCC1(Nc2ccccc2Cl)CC1. The summed E-state index contributed by atoms with van der Waals surface area (Å²) < 4.78 is 0. The normalized spacial score (nSPS) is 18.3. The maximum absolute atomic E-state index is 9.10. The first-order chi connectivity index (χ1) is 6.26. The van der Waals surface area contributed by atoms with Gasteiger partial charge in [0.05, 0.1) is 22.9 Å². The summed E-state index contributed by atoms with van der Waals surface area (Å²) in [6.45, 7) is 0.179. The van der Waals surface area contributed by atoms with Crippen molar-refractivity contribution in [3.63, 3.8) is 0 Å². The van der Waals surface area contributed by atoms with Gasteiger partial charge in [0.25, 0.3) is 0 Å². The first-order valence-electron chi connectivity index (χ1n) is 4.39. The molecule has 3 heteroatoms. The number of hydrogen-bond donors (Lipinski definition) is 2. The van der Waals surface area contributed by atoms with Crippen molar-refractivity contribution in [3.05, 3.63) is 29.3 Å². The van der Waals surface area contributed by atoms with E-state index in [-0.39, 0.29) is 12.1 Å². The highest BCUT2D eigenvalue weighted by molar-refractivity contribution is 6.33. The van der Waals surface area contributed by atoms with Crippen LogP contribution in [-0.4, -0.2) is 17.3 Å². The van der Waals surface area contributed by atoms with Crippen LogP contribution in [0, 0.1) is 0 Å². The highest BCUT2D eigenvalue weighted by Crippen LogP contribution is 2.39. The Morgan fingerprint density at radius 3 is 2.62 bits per heavy atom. The molecule has 2 nitrogen and oxygen atoms in total. The van der Waals surface area contributed by atoms with E-state index in [1.807, 2.05) is 24.3 Å². The van der Waals surface area contributed by atoms with E-state index in [0.29, 0.717) is 5.02 Å². The second-order valence-electron chi connectivity index (χ2n) is 3.54. The fraction of sp³-hybridized carbons (Fsp3) is 0.400. The number of hydrogen-bond acceptors (Lipinski definition) is 2. The minimum absolute atomic E-state index is 0.0923. The van der Waals surface area contributed by atoms with Crippen LogP contribution < -0.4 is 5.32 Å². The monoisotopic (exact) mass is 197 g/mol. The molecule has 70 valence electrons. The largest absolute Gasteiger partial charge is 0.394 e. The Hall–Kier alpha value is -0.730. The molecule has 1 aromatic carbocycles. The van der Waals surface area contributed by atoms with E-state index < -0.39 is 0 Å². The molecule has 0 bridgehead atoms. The first-order valence-corrected chi connectivity index (χ1v) is 4.77. The molecule has 2 rings (SSSR count). The number of benzene rings is 1. The average Bonchev–Trinajstić information content (AvgIpc) is 2.90. The first kappa shape index (κ1) is 8.85. The Morgan fingerprint density at radius 1 is 1.38 bits per heavy atom. The Labute approximate surface area is 82.5 Å². The average molecular weight is 198 g/mol. The summed E-state index contributed by atoms with van der Waals surface area (Å²) in [6.07, 6.45) is 2.05. The fourth-order valence-corrected chi connectivity index (χ4v) is 1.50. The van der Waals surface area contributed by atoms with Crippen molar-refractivity contribution in [2.75, 3.05) is 11.9 Å². The Balaban J connectivity index is 2.14. The maximum Gasteiger partial charge on any atom is 0.0661 e. The van der Waals surface area contributed by atoms with Gasteiger partial charge in [-0.25, -0.2) is 0 Å². The second-order valence-corrected chi connectivity index (χ2v) is 3.95. The van der Waals surface area contributed by atoms with Crippen molar-refractivity contribution in [2.45, 2.75) is 18.4 Å². The van der Waals surface area contributed by atoms with Crippen molar-refractivity contribution >= 4 is 17.3 Å². The summed E-state index contributed by atoms with van der Waals surface area (Å²) in [6, 6.07) is 7.60. The van der Waals surface area contributed by atoms with Crippen molar-refractivity contribution < 1.29 is 5.11 Å². The predicted molar refractivity (Wildman–Crippen MR) is 54.1 cm³/mol. The minimum Gasteiger partial charge on any atom is -0.394 e. The molecule has 0 atom stereocenters. The van der Waals surface area contributed by atoms with Gasteiger partial charge in [0.2, 0.25) is 0 Å². The predicted octanol–water partition coefficient (Wildman–Crippen LogP) is 2.28. The molecule has 0 aliphatic heterocycles. The molecule has 1 aromatic rings. The van der Waals surface area contributed by atoms with E-state index in [9.17, 15) is 0 Å². The van der Waals surface area contributed by atoms with E-state index >= 15 is 0 Å². The second kappa shape index (κ2) is 3.20. The highest BCUT2D eigenvalue weighted by Gasteiger charge is 2.42. The van der Waals surface area contributed by atoms with Crippen LogP contribution in [0.2, 0.25) is 5.02 Å². The minimum atomic E-state index is -0.0923. The van der Waals surface area contributed by atoms with Gasteiger partial charge in [0.1, 0.15) is 0 Å². The third kappa shape index (κ3) is 1.79. The van der Waals surface area contributed by atoms with Gasteiger partial charge in [-0.2, -0.15) is 0 Å². The lowest BCUT2D eigenvalue weighted by atomic mass is 10.2. The molecule has 0 spiro atoms. The van der Waals surface area contributed by atoms with Gasteiger partial charge in [-0.3, -0.25) is 0 Å². The summed E-state index contributed by atoms with van der Waals surface area (Å²) in [5.41, 5.74) is 0.820. The molecule has 13 heavy (non-hydrogen) atoms. The molecule has 0 aromatic heterocycles. The summed E-state index contributed by atoms with van der Waals surface area (Å²) in [5, 5.41) is 13.1. The smallest absolute Gasteiger partial charge is 0.0661 e. The van der Waals surface area contributed by atoms with E-state index in [2.05, 4.69) is 5.32 Å². The molecule has 2 N–H and O–H groups in total. The number of nitrogens with one attached hydrogen (secondary N) is 1. The molecular weight excluding hydrogens is 186 g/mol. The van der Waals surface area contributed by atoms with Gasteiger partial charge in [0.15, 0.2) is 0 Å². The number of para-hydroxylation sites is 1. The molecular formula is C10H12ClNO. The van der Waals surface area contributed by atoms with Crippen LogP contribution in [-0.2, 0) is 0 Å². The molecule has 0 heterocycles. The third-order valence-corrected chi connectivity index (χ3v) is 2.76. The molecule has 1 saturated carbocycles. The lowest BCUT2D eigenvalue weighted by molar-refractivity contribution is 0.266. The molecule has 0 saturated heterocycles. The Kier molecular flexibility index (Phi) is 2.18. The van der Waals surface area contributed by atoms with E-state index in [0.717, 1.165) is 18.5 Å². The summed E-state index contributed by atoms with van der Waals surface area (Å²) in [5.74, 6) is 0. The zero-order valence-corrected chi connectivity index (χ0v) is 8.01. The van der Waals surface area contributed by atoms with Gasteiger partial charge >= 0.3 is 0 Å². The van der Waals surface area contributed by atoms with Gasteiger partial charge in [-0.05, 0) is 25.0 Å². The molecule has 1 aliphatic carbocycles. The van der Waals surface area contributed by atoms with Crippen molar-refractivity contribution in [1.82, 2.24) is 0 Å². The topological polar surface area (TPSA) is 32.3 Å². The quantitative estimate of drug-likeness (QED) is 0.779. The van der Waals surface area contributed by atoms with Crippen LogP contribution in [0.15, 0.2) is 24.3 Å². The van der Waals surface area contributed by atoms with Crippen LogP contribution >= 0.6 is 11.6 Å². The maximum atomic E-state index is 9.10. The summed E-state index contributed by atoms with van der Waals surface area (Å²) >= 11 is 5.97. The van der Waals surface area contributed by atoms with Crippen molar-refractivity contribution in [2.24, 2.45) is 0 Å². The number of rotatable bonds is 3. The number of aliphatic hydroxyl groups excluding tert-OH is 1. The van der Waals surface area contributed by atoms with Crippen LogP contribution in [0.4, 0.5) is 5.69 Å². The Bertz CT molecular complexity index is 310. The van der Waals surface area contributed by atoms with E-state index in [1.54, 1.807) is 0 Å². The lowest BCUT2D eigenvalue weighted by Gasteiger charge is -2.16. The number of anilines is 1. The molecule has 1 fully saturated rings. The molecule has 0 unspecified atom stereocenters. The van der Waals surface area contributed by atoms with Crippen LogP contribution in [0.3, 0.4) is 0 Å². The van der Waals surface area contributed by atoms with Crippen LogP contribution in [0.1, 0.15) is 12.8 Å². The van der Waals surface area contributed by atoms with Crippen LogP contribution in [0.5, 0.6) is 0 Å². The van der Waals surface area contributed by atoms with Gasteiger partial charge in [-0.1, -0.05) is 23.7 Å². The molecule has 0 radical (unpaired) electrons. The van der Waals surface area contributed by atoms with Gasteiger partial charge < -0.3 is 10.4 Å². The van der Waals surface area contributed by atoms with E-state index in [4.69, 9.17) is 16.7 Å². The lowest BCUT2D eigenvalue weighted by Crippen LogP contribution is -2.25. The molecule has 0 amide bonds. The fourth-order valence-electron chi connectivity index (χ4n) is 1.32. The summed E-state index contributed by atoms with van der Waals surface area (Å²) in [4.78, 5) is 0.